The van der Waals surface area contributed by atoms with E-state index in [9.17, 15) is 0 Å². The van der Waals surface area contributed by atoms with E-state index < -0.39 is 13.3 Å². The van der Waals surface area contributed by atoms with Crippen molar-refractivity contribution in [1.82, 2.24) is 0 Å². The second-order valence-corrected chi connectivity index (χ2v) is 1.39. The summed E-state index contributed by atoms with van der Waals surface area (Å²) in [6.45, 7) is 0.187. The molecule has 1 rings (SSSR count). The van der Waals surface area contributed by atoms with Crippen LogP contribution >= 0.6 is 0 Å². The Morgan fingerprint density at radius 2 is 3.12 bits per heavy atom. The highest BCUT2D eigenvalue weighted by Crippen LogP contribution is 2.10. The predicted octanol–water partition coefficient (Wildman–Crippen LogP) is -0.135. The summed E-state index contributed by atoms with van der Waals surface area (Å²) >= 11 is 0. The van der Waals surface area contributed by atoms with Crippen molar-refractivity contribution >= 4 is 0 Å². The van der Waals surface area contributed by atoms with Crippen LogP contribution in [0.4, 0.5) is 0 Å². The van der Waals surface area contributed by atoms with E-state index >= 15 is 0 Å². The molecule has 0 aromatic rings. The molecule has 8 heavy (non-hydrogen) atoms. The molecule has 3 heteroatoms. The van der Waals surface area contributed by atoms with Crippen LogP contribution in [0.1, 0.15) is 4.11 Å². The van der Waals surface area contributed by atoms with Gasteiger partial charge in [-0.05, 0) is 6.08 Å². The monoisotopic (exact) mass is 119 g/mol. The van der Waals surface area contributed by atoms with Gasteiger partial charge in [0, 0.05) is 0 Å². The first-order chi connectivity index (χ1) is 4.99. The summed E-state index contributed by atoms with van der Waals surface area (Å²) in [5.41, 5.74) is 0. The van der Waals surface area contributed by atoms with Crippen LogP contribution in [0.25, 0.3) is 0 Å². The fraction of sp³-hybridized carbons (Fsp3) is 0.600. The fourth-order valence-electron chi connectivity index (χ4n) is 0.496. The molecule has 0 fully saturated rings. The standard InChI is InChI=1S/C5H8O3/c1-7-4-2-3-8-5(4)6/h2,5-6H,3H2,1H3/i1D3. The van der Waals surface area contributed by atoms with Gasteiger partial charge in [-0.1, -0.05) is 0 Å². The second-order valence-electron chi connectivity index (χ2n) is 1.39. The van der Waals surface area contributed by atoms with Crippen molar-refractivity contribution in [3.05, 3.63) is 11.8 Å². The zero-order valence-electron chi connectivity index (χ0n) is 7.13. The molecule has 0 aromatic carbocycles. The maximum absolute atomic E-state index is 8.89. The van der Waals surface area contributed by atoms with Gasteiger partial charge in [-0.15, -0.1) is 0 Å². The minimum atomic E-state index is -2.51. The lowest BCUT2D eigenvalue weighted by Gasteiger charge is -2.04. The van der Waals surface area contributed by atoms with Gasteiger partial charge < -0.3 is 14.6 Å². The van der Waals surface area contributed by atoms with E-state index in [0.29, 0.717) is 0 Å². The maximum Gasteiger partial charge on any atom is 0.214 e. The number of ether oxygens (including phenoxy) is 2. The molecule has 0 saturated carbocycles. The van der Waals surface area contributed by atoms with Crippen molar-refractivity contribution in [2.45, 2.75) is 6.29 Å². The molecule has 0 aromatic heterocycles. The van der Waals surface area contributed by atoms with Crippen LogP contribution in [0.15, 0.2) is 11.8 Å². The Morgan fingerprint density at radius 3 is 3.62 bits per heavy atom. The van der Waals surface area contributed by atoms with Gasteiger partial charge in [0.05, 0.1) is 17.8 Å². The zero-order chi connectivity index (χ0) is 8.48. The van der Waals surface area contributed by atoms with Crippen molar-refractivity contribution < 1.29 is 18.7 Å². The quantitative estimate of drug-likeness (QED) is 0.522. The summed E-state index contributed by atoms with van der Waals surface area (Å²) < 4.78 is 29.1. The van der Waals surface area contributed by atoms with Gasteiger partial charge in [0.1, 0.15) is 5.76 Å². The highest BCUT2D eigenvalue weighted by Gasteiger charge is 2.15. The molecule has 1 heterocycles. The van der Waals surface area contributed by atoms with Gasteiger partial charge in [-0.2, -0.15) is 0 Å². The van der Waals surface area contributed by atoms with Gasteiger partial charge in [-0.3, -0.25) is 0 Å². The molecule has 0 spiro atoms. The number of aliphatic hydroxyl groups excluding tert-OH is 1. The Morgan fingerprint density at radius 1 is 2.25 bits per heavy atom. The first kappa shape index (κ1) is 2.85. The van der Waals surface area contributed by atoms with Crippen LogP contribution < -0.4 is 0 Å². The van der Waals surface area contributed by atoms with Crippen molar-refractivity contribution in [3.63, 3.8) is 0 Å². The molecule has 0 amide bonds. The molecule has 0 saturated heterocycles. The third kappa shape index (κ3) is 0.827. The van der Waals surface area contributed by atoms with Crippen molar-refractivity contribution in [3.8, 4) is 0 Å². The largest absolute Gasteiger partial charge is 0.496 e. The summed E-state index contributed by atoms with van der Waals surface area (Å²) in [5, 5.41) is 8.89. The van der Waals surface area contributed by atoms with Crippen LogP contribution in [0.5, 0.6) is 0 Å². The Balaban J connectivity index is 2.49. The summed E-state index contributed by atoms with van der Waals surface area (Å²) in [4.78, 5) is 0. The molecule has 1 aliphatic rings. The average Bonchev–Trinajstić information content (AvgIpc) is 2.12. The molecule has 0 bridgehead atoms. The zero-order valence-corrected chi connectivity index (χ0v) is 4.13. The predicted molar refractivity (Wildman–Crippen MR) is 27.1 cm³/mol. The van der Waals surface area contributed by atoms with Gasteiger partial charge in [-0.25, -0.2) is 0 Å². The van der Waals surface area contributed by atoms with E-state index in [1.165, 1.54) is 6.08 Å². The van der Waals surface area contributed by atoms with Gasteiger partial charge in [0.15, 0.2) is 0 Å². The van der Waals surface area contributed by atoms with E-state index in [1.54, 1.807) is 0 Å². The average molecular weight is 119 g/mol. The third-order valence-electron chi connectivity index (χ3n) is 0.900. The van der Waals surface area contributed by atoms with E-state index in [1.807, 2.05) is 0 Å². The maximum atomic E-state index is 8.89. The Hall–Kier alpha value is -0.540. The highest BCUT2D eigenvalue weighted by atomic mass is 16.6. The SMILES string of the molecule is [2H]C([2H])([2H])OC1=CCOC1O. The molecule has 1 N–H and O–H groups in total. The molecule has 1 unspecified atom stereocenters. The van der Waals surface area contributed by atoms with E-state index in [2.05, 4.69) is 9.47 Å². The summed E-state index contributed by atoms with van der Waals surface area (Å²) in [5.74, 6) is -0.0370. The van der Waals surface area contributed by atoms with E-state index in [-0.39, 0.29) is 12.4 Å². The molecule has 0 radical (unpaired) electrons. The normalized spacial score (nSPS) is 34.9. The first-order valence-corrected chi connectivity index (χ1v) is 2.18. The molecular weight excluding hydrogens is 108 g/mol. The minimum Gasteiger partial charge on any atom is -0.496 e. The first-order valence-electron chi connectivity index (χ1n) is 3.68. The number of methoxy groups -OCH3 is 1. The van der Waals surface area contributed by atoms with Crippen molar-refractivity contribution in [1.29, 1.82) is 0 Å². The molecular formula is C5H8O3. The van der Waals surface area contributed by atoms with E-state index in [0.717, 1.165) is 0 Å². The minimum absolute atomic E-state index is 0.0370. The highest BCUT2D eigenvalue weighted by molar-refractivity contribution is 5.00. The van der Waals surface area contributed by atoms with Crippen LogP contribution in [0.2, 0.25) is 0 Å². The molecule has 46 valence electrons. The van der Waals surface area contributed by atoms with Gasteiger partial charge in [0.2, 0.25) is 6.29 Å². The number of rotatable bonds is 1. The van der Waals surface area contributed by atoms with Crippen LogP contribution in [0.3, 0.4) is 0 Å². The lowest BCUT2D eigenvalue weighted by molar-refractivity contribution is -0.0695. The lowest BCUT2D eigenvalue weighted by Crippen LogP contribution is -2.08. The van der Waals surface area contributed by atoms with Crippen LogP contribution in [-0.2, 0) is 9.47 Å². The number of hydrogen-bond acceptors (Lipinski definition) is 3. The summed E-state index contributed by atoms with van der Waals surface area (Å²) in [6, 6.07) is 0. The molecule has 0 aliphatic carbocycles. The van der Waals surface area contributed by atoms with Crippen LogP contribution in [0, 0.1) is 0 Å². The van der Waals surface area contributed by atoms with Gasteiger partial charge >= 0.3 is 0 Å². The Bertz CT molecular complexity index is 174. The second kappa shape index (κ2) is 2.15. The third-order valence-corrected chi connectivity index (χ3v) is 0.900. The van der Waals surface area contributed by atoms with E-state index in [4.69, 9.17) is 9.22 Å². The Labute approximate surface area is 51.7 Å². The smallest absolute Gasteiger partial charge is 0.214 e. The van der Waals surface area contributed by atoms with Crippen LogP contribution in [-0.4, -0.2) is 25.0 Å². The summed E-state index contributed by atoms with van der Waals surface area (Å²) in [6.07, 6.45) is 0.159. The lowest BCUT2D eigenvalue weighted by atomic mass is 10.5. The summed E-state index contributed by atoms with van der Waals surface area (Å²) in [7, 11) is -2.51. The topological polar surface area (TPSA) is 38.7 Å². The fourth-order valence-corrected chi connectivity index (χ4v) is 0.496. The van der Waals surface area contributed by atoms with Crippen molar-refractivity contribution in [2.75, 3.05) is 13.6 Å². The van der Waals surface area contributed by atoms with Gasteiger partial charge in [0.25, 0.3) is 0 Å². The number of hydrogen-bond donors (Lipinski definition) is 1. The molecule has 3 nitrogen and oxygen atoms in total. The Kier molecular flexibility index (Phi) is 0.765. The number of aliphatic hydroxyl groups is 1. The van der Waals surface area contributed by atoms with Crippen molar-refractivity contribution in [2.24, 2.45) is 0 Å². The molecule has 1 aliphatic heterocycles. The molecule has 1 atom stereocenters.